The molecule has 0 aliphatic heterocycles. The number of thiophene rings is 1. The quantitative estimate of drug-likeness (QED) is 0.647. The van der Waals surface area contributed by atoms with Crippen LogP contribution in [0.1, 0.15) is 0 Å². The lowest BCUT2D eigenvalue weighted by Crippen LogP contribution is -1.86. The molecule has 0 N–H and O–H groups in total. The maximum atomic E-state index is 5.99. The molecule has 0 aromatic carbocycles. The van der Waals surface area contributed by atoms with Crippen molar-refractivity contribution in [3.05, 3.63) is 45.5 Å². The largest absolute Gasteiger partial charge is 0.298 e. The average Bonchev–Trinajstić information content (AvgIpc) is 2.83. The molecule has 3 aromatic heterocycles. The summed E-state index contributed by atoms with van der Waals surface area (Å²) in [6, 6.07) is 7.89. The third kappa shape index (κ3) is 1.67. The van der Waals surface area contributed by atoms with Crippen molar-refractivity contribution in [2.75, 3.05) is 0 Å². The highest BCUT2D eigenvalue weighted by Crippen LogP contribution is 2.31. The standard InChI is InChI=1S/C11H6BrClN2S/c12-10-4-3-9(16-10)11-14-5-8-2-1-7(13)6-15(8)11/h1-6H. The van der Waals surface area contributed by atoms with E-state index in [0.717, 1.165) is 20.0 Å². The van der Waals surface area contributed by atoms with Crippen LogP contribution in [0.4, 0.5) is 0 Å². The Balaban J connectivity index is 2.27. The van der Waals surface area contributed by atoms with E-state index in [9.17, 15) is 0 Å². The second kappa shape index (κ2) is 3.87. The molecule has 0 amide bonds. The van der Waals surface area contributed by atoms with Crippen LogP contribution in [-0.4, -0.2) is 9.38 Å². The second-order valence-electron chi connectivity index (χ2n) is 3.33. The minimum Gasteiger partial charge on any atom is -0.298 e. The van der Waals surface area contributed by atoms with Gasteiger partial charge < -0.3 is 0 Å². The molecule has 0 aliphatic rings. The maximum Gasteiger partial charge on any atom is 0.154 e. The number of rotatable bonds is 1. The van der Waals surface area contributed by atoms with E-state index in [0.29, 0.717) is 5.02 Å². The molecule has 5 heteroatoms. The molecule has 3 heterocycles. The first-order valence-corrected chi connectivity index (χ1v) is 6.61. The maximum absolute atomic E-state index is 5.99. The van der Waals surface area contributed by atoms with Gasteiger partial charge in [0, 0.05) is 6.20 Å². The van der Waals surface area contributed by atoms with Crippen LogP contribution in [0.15, 0.2) is 40.4 Å². The molecule has 0 aliphatic carbocycles. The fourth-order valence-electron chi connectivity index (χ4n) is 1.58. The van der Waals surface area contributed by atoms with Crippen LogP contribution in [0.3, 0.4) is 0 Å². The van der Waals surface area contributed by atoms with E-state index in [1.807, 2.05) is 41.1 Å². The molecule has 16 heavy (non-hydrogen) atoms. The Labute approximate surface area is 110 Å². The first kappa shape index (κ1) is 10.3. The summed E-state index contributed by atoms with van der Waals surface area (Å²) in [4.78, 5) is 5.53. The van der Waals surface area contributed by atoms with Crippen LogP contribution >= 0.6 is 38.9 Å². The molecule has 0 bridgehead atoms. The summed E-state index contributed by atoms with van der Waals surface area (Å²) in [7, 11) is 0. The number of aromatic nitrogens is 2. The second-order valence-corrected chi connectivity index (χ2v) is 6.23. The molecule has 3 rings (SSSR count). The summed E-state index contributed by atoms with van der Waals surface area (Å²) in [6.45, 7) is 0. The molecule has 0 saturated heterocycles. The van der Waals surface area contributed by atoms with Gasteiger partial charge in [-0.05, 0) is 40.2 Å². The average molecular weight is 314 g/mol. The van der Waals surface area contributed by atoms with Crippen molar-refractivity contribution in [1.82, 2.24) is 9.38 Å². The Bertz CT molecular complexity index is 659. The molecule has 3 aromatic rings. The number of fused-ring (bicyclic) bond motifs is 1. The Kier molecular flexibility index (Phi) is 2.50. The van der Waals surface area contributed by atoms with Crippen LogP contribution in [0.5, 0.6) is 0 Å². The van der Waals surface area contributed by atoms with Crippen molar-refractivity contribution in [1.29, 1.82) is 0 Å². The van der Waals surface area contributed by atoms with Crippen molar-refractivity contribution >= 4 is 44.4 Å². The first-order valence-electron chi connectivity index (χ1n) is 4.62. The summed E-state index contributed by atoms with van der Waals surface area (Å²) in [6.07, 6.45) is 3.73. The van der Waals surface area contributed by atoms with Gasteiger partial charge in [0.25, 0.3) is 0 Å². The Morgan fingerprint density at radius 2 is 2.12 bits per heavy atom. The predicted octanol–water partition coefficient (Wildman–Crippen LogP) is 4.48. The Morgan fingerprint density at radius 1 is 1.25 bits per heavy atom. The van der Waals surface area contributed by atoms with Crippen molar-refractivity contribution < 1.29 is 0 Å². The molecule has 0 radical (unpaired) electrons. The minimum atomic E-state index is 0.711. The molecule has 0 spiro atoms. The summed E-state index contributed by atoms with van der Waals surface area (Å²) >= 11 is 11.1. The van der Waals surface area contributed by atoms with E-state index >= 15 is 0 Å². The topological polar surface area (TPSA) is 17.3 Å². The molecule has 0 unspecified atom stereocenters. The summed E-state index contributed by atoms with van der Waals surface area (Å²) in [5, 5.41) is 0.711. The number of halogens is 2. The molecular weight excluding hydrogens is 308 g/mol. The van der Waals surface area contributed by atoms with E-state index in [1.165, 1.54) is 0 Å². The first-order chi connectivity index (χ1) is 7.74. The molecule has 2 nitrogen and oxygen atoms in total. The van der Waals surface area contributed by atoms with Crippen LogP contribution in [-0.2, 0) is 0 Å². The van der Waals surface area contributed by atoms with Gasteiger partial charge in [0.05, 0.1) is 25.4 Å². The SMILES string of the molecule is Clc1ccc2cnc(-c3ccc(Br)s3)n2c1. The normalized spacial score (nSPS) is 11.1. The monoisotopic (exact) mass is 312 g/mol. The van der Waals surface area contributed by atoms with E-state index in [2.05, 4.69) is 20.9 Å². The van der Waals surface area contributed by atoms with Gasteiger partial charge >= 0.3 is 0 Å². The van der Waals surface area contributed by atoms with Crippen molar-refractivity contribution in [3.63, 3.8) is 0 Å². The lowest BCUT2D eigenvalue weighted by Gasteiger charge is -1.98. The fourth-order valence-corrected chi connectivity index (χ4v) is 3.12. The zero-order valence-electron chi connectivity index (χ0n) is 8.02. The fraction of sp³-hybridized carbons (Fsp3) is 0. The van der Waals surface area contributed by atoms with Gasteiger partial charge in [0.2, 0.25) is 0 Å². The zero-order valence-corrected chi connectivity index (χ0v) is 11.2. The van der Waals surface area contributed by atoms with Crippen LogP contribution in [0.2, 0.25) is 5.02 Å². The van der Waals surface area contributed by atoms with Crippen LogP contribution < -0.4 is 0 Å². The highest BCUT2D eigenvalue weighted by Gasteiger charge is 2.08. The molecule has 0 saturated carbocycles. The van der Waals surface area contributed by atoms with Crippen molar-refractivity contribution in [2.45, 2.75) is 0 Å². The molecule has 80 valence electrons. The van der Waals surface area contributed by atoms with Gasteiger partial charge in [-0.15, -0.1) is 11.3 Å². The highest BCUT2D eigenvalue weighted by molar-refractivity contribution is 9.11. The van der Waals surface area contributed by atoms with Crippen LogP contribution in [0.25, 0.3) is 16.2 Å². The van der Waals surface area contributed by atoms with E-state index in [4.69, 9.17) is 11.6 Å². The van der Waals surface area contributed by atoms with Crippen LogP contribution in [0, 0.1) is 0 Å². The van der Waals surface area contributed by atoms with E-state index < -0.39 is 0 Å². The summed E-state index contributed by atoms with van der Waals surface area (Å²) in [5.74, 6) is 0.924. The van der Waals surface area contributed by atoms with Gasteiger partial charge in [-0.3, -0.25) is 4.40 Å². The van der Waals surface area contributed by atoms with E-state index in [1.54, 1.807) is 11.3 Å². The third-order valence-electron chi connectivity index (χ3n) is 2.28. The lowest BCUT2D eigenvalue weighted by atomic mass is 10.4. The van der Waals surface area contributed by atoms with Gasteiger partial charge in [-0.2, -0.15) is 0 Å². The van der Waals surface area contributed by atoms with Gasteiger partial charge in [-0.25, -0.2) is 4.98 Å². The number of hydrogen-bond donors (Lipinski definition) is 0. The van der Waals surface area contributed by atoms with E-state index in [-0.39, 0.29) is 0 Å². The smallest absolute Gasteiger partial charge is 0.154 e. The third-order valence-corrected chi connectivity index (χ3v) is 4.13. The molecule has 0 atom stereocenters. The van der Waals surface area contributed by atoms with Crippen molar-refractivity contribution in [3.8, 4) is 10.7 Å². The summed E-state index contributed by atoms with van der Waals surface area (Å²) < 4.78 is 3.10. The Morgan fingerprint density at radius 3 is 2.88 bits per heavy atom. The minimum absolute atomic E-state index is 0.711. The van der Waals surface area contributed by atoms with Gasteiger partial charge in [0.1, 0.15) is 0 Å². The molecular formula is C11H6BrClN2S. The summed E-state index contributed by atoms with van der Waals surface area (Å²) in [5.41, 5.74) is 1.05. The highest BCUT2D eigenvalue weighted by atomic mass is 79.9. The predicted molar refractivity (Wildman–Crippen MR) is 71.2 cm³/mol. The number of pyridine rings is 1. The lowest BCUT2D eigenvalue weighted by molar-refractivity contribution is 1.17. The van der Waals surface area contributed by atoms with Crippen molar-refractivity contribution in [2.24, 2.45) is 0 Å². The zero-order chi connectivity index (χ0) is 11.1. The number of hydrogen-bond acceptors (Lipinski definition) is 2. The Hall–Kier alpha value is -0.840. The number of imidazole rings is 1. The molecule has 0 fully saturated rings. The van der Waals surface area contributed by atoms with Gasteiger partial charge in [-0.1, -0.05) is 11.6 Å². The number of nitrogens with zero attached hydrogens (tertiary/aromatic N) is 2. The van der Waals surface area contributed by atoms with Gasteiger partial charge in [0.15, 0.2) is 5.82 Å².